The minimum absolute atomic E-state index is 0.176. The summed E-state index contributed by atoms with van der Waals surface area (Å²) in [6.45, 7) is 2.20. The van der Waals surface area contributed by atoms with E-state index in [1.165, 1.54) is 42.5 Å². The third-order valence-corrected chi connectivity index (χ3v) is 8.17. The second kappa shape index (κ2) is 10.3. The van der Waals surface area contributed by atoms with Crippen LogP contribution in [0.1, 0.15) is 29.2 Å². The number of hydrogen-bond donors (Lipinski definition) is 1. The van der Waals surface area contributed by atoms with Crippen molar-refractivity contribution < 1.29 is 35.8 Å². The number of ether oxygens (including phenoxy) is 2. The van der Waals surface area contributed by atoms with Crippen LogP contribution < -0.4 is 14.8 Å². The van der Waals surface area contributed by atoms with Crippen molar-refractivity contribution in [1.29, 1.82) is 10.5 Å². The van der Waals surface area contributed by atoms with E-state index in [0.717, 1.165) is 27.8 Å². The third-order valence-electron chi connectivity index (χ3n) is 8.17. The summed E-state index contributed by atoms with van der Waals surface area (Å²) in [5.41, 5.74) is 8.84. The molecule has 0 amide bonds. The van der Waals surface area contributed by atoms with E-state index in [1.54, 1.807) is 6.92 Å². The predicted molar refractivity (Wildman–Crippen MR) is 157 cm³/mol. The van der Waals surface area contributed by atoms with Crippen molar-refractivity contribution >= 4 is 11.1 Å². The van der Waals surface area contributed by atoms with Crippen molar-refractivity contribution in [2.45, 2.75) is 25.7 Å². The number of hydrogen-bond acceptors (Lipinski definition) is 5. The van der Waals surface area contributed by atoms with Crippen LogP contribution in [-0.4, -0.2) is 25.3 Å². The highest BCUT2D eigenvalue weighted by molar-refractivity contribution is 6.10. The summed E-state index contributed by atoms with van der Waals surface area (Å²) in [4.78, 5) is 0. The Bertz CT molecular complexity index is 2110. The van der Waals surface area contributed by atoms with Gasteiger partial charge in [-0.2, -0.15) is 10.5 Å². The first kappa shape index (κ1) is 29.2. The van der Waals surface area contributed by atoms with Crippen LogP contribution in [0.5, 0.6) is 11.5 Å². The molecule has 4 aromatic carbocycles. The van der Waals surface area contributed by atoms with Gasteiger partial charge in [-0.3, -0.25) is 0 Å². The normalized spacial score (nSPS) is 18.0. The zero-order valence-corrected chi connectivity index (χ0v) is 23.7. The van der Waals surface area contributed by atoms with E-state index >= 15 is 0 Å². The van der Waals surface area contributed by atoms with E-state index in [9.17, 15) is 36.9 Å². The van der Waals surface area contributed by atoms with Gasteiger partial charge in [-0.15, -0.1) is 26.3 Å². The summed E-state index contributed by atoms with van der Waals surface area (Å²) in [6.07, 6.45) is -9.70. The molecule has 7 rings (SSSR count). The summed E-state index contributed by atoms with van der Waals surface area (Å²) >= 11 is 0. The lowest BCUT2D eigenvalue weighted by molar-refractivity contribution is -0.275. The molecule has 46 heavy (non-hydrogen) atoms. The molecule has 0 saturated carbocycles. The van der Waals surface area contributed by atoms with Crippen LogP contribution in [0.15, 0.2) is 83.9 Å². The molecule has 1 atom stereocenters. The van der Waals surface area contributed by atoms with Gasteiger partial charge in [0, 0.05) is 23.3 Å². The summed E-state index contributed by atoms with van der Waals surface area (Å²) < 4.78 is 85.3. The lowest BCUT2D eigenvalue weighted by Gasteiger charge is -2.11. The van der Waals surface area contributed by atoms with E-state index < -0.39 is 18.5 Å². The molecule has 2 aliphatic carbocycles. The van der Waals surface area contributed by atoms with Crippen molar-refractivity contribution in [1.82, 2.24) is 5.32 Å². The van der Waals surface area contributed by atoms with Crippen molar-refractivity contribution in [3.63, 3.8) is 0 Å². The zero-order valence-electron chi connectivity index (χ0n) is 23.7. The molecule has 0 bridgehead atoms. The Hall–Kier alpha value is -5.52. The lowest BCUT2D eigenvalue weighted by Crippen LogP contribution is -2.17. The van der Waals surface area contributed by atoms with Crippen molar-refractivity contribution in [3.8, 4) is 57.0 Å². The fourth-order valence-electron chi connectivity index (χ4n) is 6.25. The SMILES string of the molecule is C/C(C#N)=C1/c2cc(OC(F)(F)F)ccc2-c2cc3c(cc21)/C(=C(/C#N)C1CN1)c1cc(-c2ccc(OC(F)(F)F)cc2)ccc1-3. The topological polar surface area (TPSA) is 88.0 Å². The number of nitrogens with zero attached hydrogens (tertiary/aromatic N) is 2. The Morgan fingerprint density at radius 1 is 0.630 bits per heavy atom. The van der Waals surface area contributed by atoms with E-state index in [2.05, 4.69) is 26.9 Å². The second-order valence-electron chi connectivity index (χ2n) is 11.0. The van der Waals surface area contributed by atoms with Gasteiger partial charge in [0.05, 0.1) is 23.8 Å². The number of halogens is 6. The smallest absolute Gasteiger partial charge is 0.406 e. The van der Waals surface area contributed by atoms with E-state index in [0.29, 0.717) is 56.7 Å². The molecule has 1 aliphatic heterocycles. The number of allylic oxidation sites excluding steroid dienone is 1. The Balaban J connectivity index is 1.40. The number of fused-ring (bicyclic) bond motifs is 6. The number of nitrogens with one attached hydrogen (secondary N) is 1. The van der Waals surface area contributed by atoms with Crippen LogP contribution in [0.2, 0.25) is 0 Å². The average Bonchev–Trinajstić information content (AvgIpc) is 3.73. The molecule has 11 heteroatoms. The van der Waals surface area contributed by atoms with Gasteiger partial charge in [-0.05, 0) is 105 Å². The molecule has 1 heterocycles. The van der Waals surface area contributed by atoms with Crippen molar-refractivity contribution in [3.05, 3.63) is 106 Å². The van der Waals surface area contributed by atoms with Gasteiger partial charge in [0.25, 0.3) is 0 Å². The molecule has 5 nitrogen and oxygen atoms in total. The molecule has 0 radical (unpaired) electrons. The lowest BCUT2D eigenvalue weighted by atomic mass is 9.91. The van der Waals surface area contributed by atoms with Crippen molar-refractivity contribution in [2.24, 2.45) is 0 Å². The molecule has 3 aliphatic rings. The number of nitriles is 2. The quantitative estimate of drug-likeness (QED) is 0.120. The minimum atomic E-state index is -4.89. The Morgan fingerprint density at radius 3 is 1.72 bits per heavy atom. The Morgan fingerprint density at radius 2 is 1.13 bits per heavy atom. The molecule has 4 aromatic rings. The van der Waals surface area contributed by atoms with Crippen LogP contribution in [0.3, 0.4) is 0 Å². The van der Waals surface area contributed by atoms with Crippen LogP contribution >= 0.6 is 0 Å². The van der Waals surface area contributed by atoms with Gasteiger partial charge in [-0.25, -0.2) is 0 Å². The molecule has 1 N–H and O–H groups in total. The highest BCUT2D eigenvalue weighted by Crippen LogP contribution is 2.54. The standard InChI is InChI=1S/C35H19F6N3O2/c1-17(14-42)32-27-11-21(46-35(39,40)41)7-9-23(27)24-12-25-22-8-4-19(18-2-5-20(6-3-18)45-34(36,37)38)10-26(22)33(29(25)13-28(24)32)30(15-43)31-16-44-31/h2-13,31,44H,16H2,1H3/b32-17+,33-30-. The van der Waals surface area contributed by atoms with Gasteiger partial charge in [-0.1, -0.05) is 30.3 Å². The van der Waals surface area contributed by atoms with E-state index in [-0.39, 0.29) is 11.8 Å². The number of benzene rings is 4. The number of alkyl halides is 6. The Kier molecular flexibility index (Phi) is 6.51. The molecule has 1 unspecified atom stereocenters. The molecule has 1 saturated heterocycles. The van der Waals surface area contributed by atoms with Crippen LogP contribution in [-0.2, 0) is 0 Å². The molecule has 0 aromatic heterocycles. The second-order valence-corrected chi connectivity index (χ2v) is 11.0. The van der Waals surface area contributed by atoms with Crippen LogP contribution in [0.4, 0.5) is 26.3 Å². The van der Waals surface area contributed by atoms with E-state index in [4.69, 9.17) is 0 Å². The summed E-state index contributed by atoms with van der Waals surface area (Å²) in [5.74, 6) is -0.752. The third kappa shape index (κ3) is 5.05. The predicted octanol–water partition coefficient (Wildman–Crippen LogP) is 8.75. The van der Waals surface area contributed by atoms with Gasteiger partial charge < -0.3 is 14.8 Å². The molecule has 1 fully saturated rings. The number of rotatable bonds is 4. The van der Waals surface area contributed by atoms with E-state index in [1.807, 2.05) is 30.3 Å². The summed E-state index contributed by atoms with van der Waals surface area (Å²) in [5, 5.41) is 23.3. The summed E-state index contributed by atoms with van der Waals surface area (Å²) in [6, 6.07) is 23.3. The fraction of sp³-hybridized carbons (Fsp3) is 0.143. The minimum Gasteiger partial charge on any atom is -0.406 e. The fourth-order valence-corrected chi connectivity index (χ4v) is 6.25. The molecule has 0 spiro atoms. The molecule has 228 valence electrons. The highest BCUT2D eigenvalue weighted by Gasteiger charge is 2.37. The first-order valence-electron chi connectivity index (χ1n) is 13.9. The largest absolute Gasteiger partial charge is 0.573 e. The van der Waals surface area contributed by atoms with Crippen molar-refractivity contribution in [2.75, 3.05) is 6.54 Å². The maximum absolute atomic E-state index is 13.0. The zero-order chi connectivity index (χ0) is 32.5. The first-order valence-corrected chi connectivity index (χ1v) is 13.9. The van der Waals surface area contributed by atoms with Gasteiger partial charge in [0.15, 0.2) is 0 Å². The Labute approximate surface area is 258 Å². The van der Waals surface area contributed by atoms with Gasteiger partial charge in [0.1, 0.15) is 11.5 Å². The van der Waals surface area contributed by atoms with Gasteiger partial charge in [0.2, 0.25) is 0 Å². The maximum atomic E-state index is 13.0. The van der Waals surface area contributed by atoms with Crippen LogP contribution in [0, 0.1) is 22.7 Å². The monoisotopic (exact) mass is 627 g/mol. The first-order chi connectivity index (χ1) is 21.8. The van der Waals surface area contributed by atoms with Crippen LogP contribution in [0.25, 0.3) is 44.5 Å². The van der Waals surface area contributed by atoms with Gasteiger partial charge >= 0.3 is 12.7 Å². The molecular formula is C35H19F6N3O2. The molecular weight excluding hydrogens is 608 g/mol. The summed E-state index contributed by atoms with van der Waals surface area (Å²) in [7, 11) is 0. The maximum Gasteiger partial charge on any atom is 0.573 e. The average molecular weight is 628 g/mol. The highest BCUT2D eigenvalue weighted by atomic mass is 19.4.